The van der Waals surface area contributed by atoms with Gasteiger partial charge in [-0.3, -0.25) is 14.2 Å². The molecule has 33 heavy (non-hydrogen) atoms. The van der Waals surface area contributed by atoms with Crippen LogP contribution in [0.1, 0.15) is 71.7 Å². The minimum absolute atomic E-state index is 0.0988. The van der Waals surface area contributed by atoms with Gasteiger partial charge in [0, 0.05) is 13.0 Å². The minimum Gasteiger partial charge on any atom is -0.494 e. The van der Waals surface area contributed by atoms with Crippen LogP contribution in [-0.4, -0.2) is 33.5 Å². The highest BCUT2D eigenvalue weighted by Crippen LogP contribution is 2.25. The maximum absolute atomic E-state index is 13.6. The van der Waals surface area contributed by atoms with Crippen LogP contribution in [0.3, 0.4) is 0 Å². The normalized spacial score (nSPS) is 12.0. The number of para-hydroxylation sites is 1. The highest BCUT2D eigenvalue weighted by atomic mass is 16.5. The molecule has 0 N–H and O–H groups in total. The van der Waals surface area contributed by atoms with Gasteiger partial charge in [0.05, 0.1) is 29.2 Å². The number of carbonyl (C=O) groups excluding carboxylic acids is 1. The Labute approximate surface area is 196 Å². The molecule has 0 saturated heterocycles. The molecule has 1 unspecified atom stereocenters. The van der Waals surface area contributed by atoms with Crippen molar-refractivity contribution in [2.24, 2.45) is 0 Å². The van der Waals surface area contributed by atoms with E-state index in [1.54, 1.807) is 10.6 Å². The third-order valence-corrected chi connectivity index (χ3v) is 5.95. The molecule has 1 heterocycles. The average Bonchev–Trinajstić information content (AvgIpc) is 2.83. The van der Waals surface area contributed by atoms with Crippen molar-refractivity contribution in [3.05, 3.63) is 64.7 Å². The van der Waals surface area contributed by atoms with Crippen LogP contribution in [0, 0.1) is 0 Å². The fourth-order valence-electron chi connectivity index (χ4n) is 4.19. The summed E-state index contributed by atoms with van der Waals surface area (Å²) in [5.41, 5.74) is 1.20. The first-order valence-electron chi connectivity index (χ1n) is 12.1. The van der Waals surface area contributed by atoms with Crippen LogP contribution in [0.5, 0.6) is 5.75 Å². The van der Waals surface area contributed by atoms with Gasteiger partial charge in [-0.1, -0.05) is 38.3 Å². The second-order valence-corrected chi connectivity index (χ2v) is 8.22. The topological polar surface area (TPSA) is 64.4 Å². The standard InChI is InChI=1S/C27H35N3O3/c1-5-8-9-10-15-25(31)29(6-2)20(4)26-28-24-14-12-11-13-23(24)27(32)30(26)21-16-18-22(19-17-21)33-7-3/h11-14,16-20H,5-10,15H2,1-4H3. The number of hydrogen-bond donors (Lipinski definition) is 0. The Balaban J connectivity index is 2.05. The van der Waals surface area contributed by atoms with Crippen LogP contribution < -0.4 is 10.3 Å². The summed E-state index contributed by atoms with van der Waals surface area (Å²) in [6.07, 6.45) is 4.72. The number of ether oxygens (including phenoxy) is 1. The van der Waals surface area contributed by atoms with E-state index in [1.165, 1.54) is 0 Å². The number of amides is 1. The molecule has 1 atom stereocenters. The third kappa shape index (κ3) is 5.62. The Morgan fingerprint density at radius 2 is 1.76 bits per heavy atom. The summed E-state index contributed by atoms with van der Waals surface area (Å²) in [5, 5.41) is 0.552. The van der Waals surface area contributed by atoms with E-state index in [9.17, 15) is 9.59 Å². The lowest BCUT2D eigenvalue weighted by molar-refractivity contribution is -0.133. The molecule has 2 aromatic carbocycles. The molecule has 0 radical (unpaired) electrons. The SMILES string of the molecule is CCCCCCC(=O)N(CC)C(C)c1nc2ccccc2c(=O)n1-c1ccc(OCC)cc1. The second-order valence-electron chi connectivity index (χ2n) is 8.22. The van der Waals surface area contributed by atoms with E-state index < -0.39 is 0 Å². The van der Waals surface area contributed by atoms with Gasteiger partial charge in [-0.2, -0.15) is 0 Å². The van der Waals surface area contributed by atoms with Gasteiger partial charge >= 0.3 is 0 Å². The lowest BCUT2D eigenvalue weighted by Gasteiger charge is -2.29. The molecule has 0 spiro atoms. The molecular weight excluding hydrogens is 414 g/mol. The quantitative estimate of drug-likeness (QED) is 0.354. The number of hydrogen-bond acceptors (Lipinski definition) is 4. The molecule has 0 bridgehead atoms. The Kier molecular flexibility index (Phi) is 8.64. The van der Waals surface area contributed by atoms with Crippen molar-refractivity contribution < 1.29 is 9.53 Å². The van der Waals surface area contributed by atoms with Gasteiger partial charge < -0.3 is 9.64 Å². The summed E-state index contributed by atoms with van der Waals surface area (Å²) in [4.78, 5) is 33.3. The molecule has 3 aromatic rings. The maximum atomic E-state index is 13.6. The van der Waals surface area contributed by atoms with Gasteiger partial charge in [0.1, 0.15) is 11.6 Å². The van der Waals surface area contributed by atoms with Crippen molar-refractivity contribution in [1.82, 2.24) is 14.5 Å². The third-order valence-electron chi connectivity index (χ3n) is 5.95. The van der Waals surface area contributed by atoms with Crippen LogP contribution in [0.2, 0.25) is 0 Å². The number of benzene rings is 2. The Morgan fingerprint density at radius 3 is 2.42 bits per heavy atom. The average molecular weight is 450 g/mol. The molecule has 0 aliphatic carbocycles. The predicted molar refractivity (Wildman–Crippen MR) is 133 cm³/mol. The van der Waals surface area contributed by atoms with Crippen LogP contribution in [0.4, 0.5) is 0 Å². The number of nitrogens with zero attached hydrogens (tertiary/aromatic N) is 3. The molecule has 176 valence electrons. The van der Waals surface area contributed by atoms with Crippen molar-refractivity contribution in [2.45, 2.75) is 65.8 Å². The molecule has 1 amide bonds. The lowest BCUT2D eigenvalue weighted by Crippen LogP contribution is -2.37. The maximum Gasteiger partial charge on any atom is 0.266 e. The fourth-order valence-corrected chi connectivity index (χ4v) is 4.19. The Morgan fingerprint density at radius 1 is 1.03 bits per heavy atom. The molecule has 3 rings (SSSR count). The molecule has 0 fully saturated rings. The van der Waals surface area contributed by atoms with E-state index in [2.05, 4.69) is 6.92 Å². The monoisotopic (exact) mass is 449 g/mol. The summed E-state index contributed by atoms with van der Waals surface area (Å²) in [7, 11) is 0. The summed E-state index contributed by atoms with van der Waals surface area (Å²) in [6.45, 7) is 9.15. The van der Waals surface area contributed by atoms with E-state index in [0.29, 0.717) is 42.0 Å². The number of unbranched alkanes of at least 4 members (excludes halogenated alkanes) is 3. The van der Waals surface area contributed by atoms with Gasteiger partial charge in [-0.15, -0.1) is 0 Å². The van der Waals surface area contributed by atoms with Crippen molar-refractivity contribution in [3.8, 4) is 11.4 Å². The molecule has 0 saturated carbocycles. The molecule has 6 heteroatoms. The molecule has 0 aliphatic heterocycles. The van der Waals surface area contributed by atoms with E-state index in [1.807, 2.05) is 68.1 Å². The Bertz CT molecular complexity index is 1120. The zero-order chi connectivity index (χ0) is 23.8. The number of carbonyl (C=O) groups is 1. The zero-order valence-corrected chi connectivity index (χ0v) is 20.2. The molecule has 1 aromatic heterocycles. The predicted octanol–water partition coefficient (Wildman–Crippen LogP) is 5.66. The largest absolute Gasteiger partial charge is 0.494 e. The van der Waals surface area contributed by atoms with Gasteiger partial charge in [0.2, 0.25) is 5.91 Å². The van der Waals surface area contributed by atoms with E-state index in [0.717, 1.165) is 31.4 Å². The minimum atomic E-state index is -0.349. The molecule has 6 nitrogen and oxygen atoms in total. The van der Waals surface area contributed by atoms with E-state index >= 15 is 0 Å². The van der Waals surface area contributed by atoms with Gasteiger partial charge in [-0.25, -0.2) is 4.98 Å². The fraction of sp³-hybridized carbons (Fsp3) is 0.444. The lowest BCUT2D eigenvalue weighted by atomic mass is 10.1. The summed E-state index contributed by atoms with van der Waals surface area (Å²) in [6, 6.07) is 14.4. The van der Waals surface area contributed by atoms with Crippen molar-refractivity contribution in [2.75, 3.05) is 13.2 Å². The number of fused-ring (bicyclic) bond motifs is 1. The smallest absolute Gasteiger partial charge is 0.266 e. The first-order valence-corrected chi connectivity index (χ1v) is 12.1. The van der Waals surface area contributed by atoms with Crippen molar-refractivity contribution >= 4 is 16.8 Å². The second kappa shape index (κ2) is 11.6. The van der Waals surface area contributed by atoms with Crippen LogP contribution in [-0.2, 0) is 4.79 Å². The van der Waals surface area contributed by atoms with Gasteiger partial charge in [-0.05, 0) is 63.6 Å². The van der Waals surface area contributed by atoms with E-state index in [4.69, 9.17) is 9.72 Å². The van der Waals surface area contributed by atoms with Gasteiger partial charge in [0.25, 0.3) is 5.56 Å². The van der Waals surface area contributed by atoms with Crippen molar-refractivity contribution in [1.29, 1.82) is 0 Å². The van der Waals surface area contributed by atoms with Crippen LogP contribution >= 0.6 is 0 Å². The highest BCUT2D eigenvalue weighted by molar-refractivity contribution is 5.79. The first-order chi connectivity index (χ1) is 16.0. The molecule has 0 aliphatic rings. The van der Waals surface area contributed by atoms with E-state index in [-0.39, 0.29) is 17.5 Å². The zero-order valence-electron chi connectivity index (χ0n) is 20.2. The molecular formula is C27H35N3O3. The summed E-state index contributed by atoms with van der Waals surface area (Å²) >= 11 is 0. The highest BCUT2D eigenvalue weighted by Gasteiger charge is 2.25. The van der Waals surface area contributed by atoms with Crippen LogP contribution in [0.15, 0.2) is 53.3 Å². The Hall–Kier alpha value is -3.15. The van der Waals surface area contributed by atoms with Crippen molar-refractivity contribution in [3.63, 3.8) is 0 Å². The van der Waals surface area contributed by atoms with Gasteiger partial charge in [0.15, 0.2) is 0 Å². The number of aromatic nitrogens is 2. The summed E-state index contributed by atoms with van der Waals surface area (Å²) in [5.74, 6) is 1.41. The summed E-state index contributed by atoms with van der Waals surface area (Å²) < 4.78 is 7.20. The first kappa shape index (κ1) is 24.5. The van der Waals surface area contributed by atoms with Crippen LogP contribution in [0.25, 0.3) is 16.6 Å². The number of rotatable bonds is 11.